The Labute approximate surface area is 107 Å². The van der Waals surface area contributed by atoms with Gasteiger partial charge in [0.2, 0.25) is 10.0 Å². The van der Waals surface area contributed by atoms with E-state index < -0.39 is 10.0 Å². The Balaban J connectivity index is 3.13. The van der Waals surface area contributed by atoms with Gasteiger partial charge in [-0.25, -0.2) is 12.7 Å². The van der Waals surface area contributed by atoms with Crippen molar-refractivity contribution in [2.45, 2.75) is 18.7 Å². The second-order valence-electron chi connectivity index (χ2n) is 4.36. The van der Waals surface area contributed by atoms with Gasteiger partial charge in [0.15, 0.2) is 0 Å². The fourth-order valence-corrected chi connectivity index (χ4v) is 3.14. The van der Waals surface area contributed by atoms with Crippen LogP contribution in [0.3, 0.4) is 0 Å². The maximum atomic E-state index is 12.2. The third-order valence-corrected chi connectivity index (χ3v) is 4.41. The molecule has 0 unspecified atom stereocenters. The monoisotopic (exact) mass is 276 g/mol. The van der Waals surface area contributed by atoms with Crippen LogP contribution in [0, 0.1) is 5.92 Å². The smallest absolute Gasteiger partial charge is 0.244 e. The molecule has 0 aromatic heterocycles. The molecule has 0 saturated heterocycles. The van der Waals surface area contributed by atoms with Crippen molar-refractivity contribution < 1.29 is 8.42 Å². The number of anilines is 1. The van der Waals surface area contributed by atoms with Crippen molar-refractivity contribution in [3.63, 3.8) is 0 Å². The highest BCUT2D eigenvalue weighted by Crippen LogP contribution is 2.25. The lowest BCUT2D eigenvalue weighted by molar-refractivity contribution is 0.417. The molecular formula is C11H17ClN2O2S. The van der Waals surface area contributed by atoms with E-state index in [1.807, 2.05) is 13.8 Å². The van der Waals surface area contributed by atoms with Crippen LogP contribution in [-0.2, 0) is 10.0 Å². The Morgan fingerprint density at radius 2 is 2.00 bits per heavy atom. The average Bonchev–Trinajstić information content (AvgIpc) is 2.15. The van der Waals surface area contributed by atoms with Crippen LogP contribution in [0.4, 0.5) is 5.69 Å². The molecule has 0 aliphatic carbocycles. The largest absolute Gasteiger partial charge is 0.398 e. The Morgan fingerprint density at radius 1 is 1.41 bits per heavy atom. The zero-order valence-electron chi connectivity index (χ0n) is 10.1. The zero-order chi connectivity index (χ0) is 13.2. The number of sulfonamides is 1. The molecule has 1 aromatic rings. The Bertz CT molecular complexity index is 500. The topological polar surface area (TPSA) is 63.4 Å². The summed E-state index contributed by atoms with van der Waals surface area (Å²) < 4.78 is 25.7. The van der Waals surface area contributed by atoms with Crippen LogP contribution in [0.15, 0.2) is 23.1 Å². The summed E-state index contributed by atoms with van der Waals surface area (Å²) in [6, 6.07) is 4.40. The molecule has 0 saturated carbocycles. The number of halogens is 1. The van der Waals surface area contributed by atoms with Gasteiger partial charge in [-0.3, -0.25) is 0 Å². The number of nitrogens with two attached hydrogens (primary N) is 1. The van der Waals surface area contributed by atoms with Crippen molar-refractivity contribution in [2.75, 3.05) is 19.3 Å². The van der Waals surface area contributed by atoms with E-state index in [4.69, 9.17) is 17.3 Å². The van der Waals surface area contributed by atoms with Gasteiger partial charge in [0.25, 0.3) is 0 Å². The molecule has 0 fully saturated rings. The molecule has 1 aromatic carbocycles. The zero-order valence-corrected chi connectivity index (χ0v) is 11.7. The summed E-state index contributed by atoms with van der Waals surface area (Å²) in [5.74, 6) is 0.253. The molecule has 1 rings (SSSR count). The second-order valence-corrected chi connectivity index (χ2v) is 6.81. The summed E-state index contributed by atoms with van der Waals surface area (Å²) in [6.07, 6.45) is 0. The quantitative estimate of drug-likeness (QED) is 0.858. The van der Waals surface area contributed by atoms with E-state index in [2.05, 4.69) is 0 Å². The van der Waals surface area contributed by atoms with Crippen LogP contribution in [0.2, 0.25) is 5.02 Å². The second kappa shape index (κ2) is 5.25. The van der Waals surface area contributed by atoms with E-state index in [0.29, 0.717) is 11.6 Å². The number of hydrogen-bond acceptors (Lipinski definition) is 3. The predicted molar refractivity (Wildman–Crippen MR) is 70.5 cm³/mol. The highest BCUT2D eigenvalue weighted by molar-refractivity contribution is 7.89. The molecule has 0 aliphatic rings. The fourth-order valence-electron chi connectivity index (χ4n) is 1.53. The third-order valence-electron chi connectivity index (χ3n) is 2.28. The van der Waals surface area contributed by atoms with Crippen molar-refractivity contribution in [3.05, 3.63) is 23.2 Å². The SMILES string of the molecule is CC(C)CN(C)S(=O)(=O)c1ccc(Cl)cc1N. The van der Waals surface area contributed by atoms with Gasteiger partial charge in [-0.1, -0.05) is 25.4 Å². The standard InChI is InChI=1S/C11H17ClN2O2S/c1-8(2)7-14(3)17(15,16)11-5-4-9(12)6-10(11)13/h4-6,8H,7,13H2,1-3H3. The van der Waals surface area contributed by atoms with Crippen LogP contribution < -0.4 is 5.73 Å². The van der Waals surface area contributed by atoms with Crippen LogP contribution in [0.5, 0.6) is 0 Å². The molecule has 0 heterocycles. The first kappa shape index (κ1) is 14.3. The van der Waals surface area contributed by atoms with E-state index in [1.165, 1.54) is 22.5 Å². The van der Waals surface area contributed by atoms with Crippen molar-refractivity contribution in [2.24, 2.45) is 5.92 Å². The first-order valence-electron chi connectivity index (χ1n) is 5.26. The van der Waals surface area contributed by atoms with Gasteiger partial charge in [0, 0.05) is 18.6 Å². The lowest BCUT2D eigenvalue weighted by Crippen LogP contribution is -2.30. The molecule has 2 N–H and O–H groups in total. The van der Waals surface area contributed by atoms with Crippen molar-refractivity contribution in [3.8, 4) is 0 Å². The summed E-state index contributed by atoms with van der Waals surface area (Å²) in [6.45, 7) is 4.36. The summed E-state index contributed by atoms with van der Waals surface area (Å²) in [7, 11) is -1.99. The molecule has 4 nitrogen and oxygen atoms in total. The molecule has 96 valence electrons. The highest BCUT2D eigenvalue weighted by atomic mass is 35.5. The van der Waals surface area contributed by atoms with Gasteiger partial charge in [-0.05, 0) is 24.1 Å². The predicted octanol–water partition coefficient (Wildman–Crippen LogP) is 2.20. The van der Waals surface area contributed by atoms with Crippen molar-refractivity contribution in [1.82, 2.24) is 4.31 Å². The normalized spacial score (nSPS) is 12.4. The number of nitrogen functional groups attached to an aromatic ring is 1. The number of rotatable bonds is 4. The molecule has 6 heteroatoms. The molecular weight excluding hydrogens is 260 g/mol. The average molecular weight is 277 g/mol. The summed E-state index contributed by atoms with van der Waals surface area (Å²) >= 11 is 5.74. The summed E-state index contributed by atoms with van der Waals surface area (Å²) in [5, 5.41) is 0.424. The van der Waals surface area contributed by atoms with E-state index in [1.54, 1.807) is 7.05 Å². The lowest BCUT2D eigenvalue weighted by atomic mass is 10.2. The molecule has 0 atom stereocenters. The van der Waals surface area contributed by atoms with Gasteiger partial charge in [-0.2, -0.15) is 0 Å². The van der Waals surface area contributed by atoms with Gasteiger partial charge in [-0.15, -0.1) is 0 Å². The van der Waals surface area contributed by atoms with Crippen LogP contribution in [0.1, 0.15) is 13.8 Å². The van der Waals surface area contributed by atoms with Gasteiger partial charge in [0.05, 0.1) is 5.69 Å². The minimum Gasteiger partial charge on any atom is -0.398 e. The maximum Gasteiger partial charge on any atom is 0.244 e. The van der Waals surface area contributed by atoms with E-state index in [-0.39, 0.29) is 16.5 Å². The highest BCUT2D eigenvalue weighted by Gasteiger charge is 2.23. The Hall–Kier alpha value is -0.780. The molecule has 0 radical (unpaired) electrons. The Kier molecular flexibility index (Phi) is 4.41. The van der Waals surface area contributed by atoms with Crippen molar-refractivity contribution >= 4 is 27.3 Å². The number of nitrogens with zero attached hydrogens (tertiary/aromatic N) is 1. The van der Waals surface area contributed by atoms with E-state index in [9.17, 15) is 8.42 Å². The minimum absolute atomic E-state index is 0.102. The lowest BCUT2D eigenvalue weighted by Gasteiger charge is -2.20. The van der Waals surface area contributed by atoms with E-state index in [0.717, 1.165) is 0 Å². The van der Waals surface area contributed by atoms with Gasteiger partial charge >= 0.3 is 0 Å². The minimum atomic E-state index is -3.53. The van der Waals surface area contributed by atoms with Crippen molar-refractivity contribution in [1.29, 1.82) is 0 Å². The third kappa shape index (κ3) is 3.34. The molecule has 0 bridgehead atoms. The first-order valence-corrected chi connectivity index (χ1v) is 7.08. The van der Waals surface area contributed by atoms with Gasteiger partial charge < -0.3 is 5.73 Å². The van der Waals surface area contributed by atoms with Crippen LogP contribution in [-0.4, -0.2) is 26.3 Å². The number of hydrogen-bond donors (Lipinski definition) is 1. The first-order chi connectivity index (χ1) is 7.75. The van der Waals surface area contributed by atoms with Gasteiger partial charge in [0.1, 0.15) is 4.90 Å². The molecule has 17 heavy (non-hydrogen) atoms. The molecule has 0 spiro atoms. The van der Waals surface area contributed by atoms with E-state index >= 15 is 0 Å². The molecule has 0 amide bonds. The maximum absolute atomic E-state index is 12.2. The number of benzene rings is 1. The summed E-state index contributed by atoms with van der Waals surface area (Å²) in [5.41, 5.74) is 5.86. The van der Waals surface area contributed by atoms with Crippen LogP contribution in [0.25, 0.3) is 0 Å². The Morgan fingerprint density at radius 3 is 2.47 bits per heavy atom. The summed E-state index contributed by atoms with van der Waals surface area (Å²) in [4.78, 5) is 0.102. The fraction of sp³-hybridized carbons (Fsp3) is 0.455. The van der Waals surface area contributed by atoms with Crippen LogP contribution >= 0.6 is 11.6 Å². The molecule has 0 aliphatic heterocycles.